The van der Waals surface area contributed by atoms with Gasteiger partial charge < -0.3 is 9.47 Å². The molecule has 4 rings (SSSR count). The van der Waals surface area contributed by atoms with E-state index in [1.165, 1.54) is 10.5 Å². The molecule has 1 fully saturated rings. The van der Waals surface area contributed by atoms with E-state index in [4.69, 9.17) is 5.41 Å². The van der Waals surface area contributed by atoms with Crippen molar-refractivity contribution in [3.05, 3.63) is 77.6 Å². The topological polar surface area (TPSA) is 52.3 Å². The van der Waals surface area contributed by atoms with Crippen molar-refractivity contribution in [1.82, 2.24) is 14.4 Å². The van der Waals surface area contributed by atoms with Crippen molar-refractivity contribution in [2.24, 2.45) is 0 Å². The fourth-order valence-electron chi connectivity index (χ4n) is 3.36. The first-order chi connectivity index (χ1) is 12.6. The summed E-state index contributed by atoms with van der Waals surface area (Å²) in [5.41, 5.74) is 3.85. The second-order valence-corrected chi connectivity index (χ2v) is 6.49. The molecule has 1 aliphatic rings. The number of nitrogens with one attached hydrogen (secondary N) is 1. The van der Waals surface area contributed by atoms with Gasteiger partial charge in [0.15, 0.2) is 0 Å². The zero-order valence-electron chi connectivity index (χ0n) is 14.8. The van der Waals surface area contributed by atoms with Crippen LogP contribution in [0.1, 0.15) is 11.1 Å². The molecule has 3 aromatic rings. The number of benzene rings is 2. The van der Waals surface area contributed by atoms with Gasteiger partial charge in [-0.2, -0.15) is 0 Å². The van der Waals surface area contributed by atoms with Crippen LogP contribution in [0.25, 0.3) is 17.0 Å². The Balaban J connectivity index is 1.81. The molecule has 5 heteroatoms. The van der Waals surface area contributed by atoms with Crippen LogP contribution < -0.4 is 0 Å². The average molecular weight is 344 g/mol. The van der Waals surface area contributed by atoms with E-state index in [2.05, 4.69) is 35.0 Å². The summed E-state index contributed by atoms with van der Waals surface area (Å²) in [6, 6.07) is 18.5. The molecular formula is C21H20N4O. The maximum absolute atomic E-state index is 12.4. The normalized spacial score (nSPS) is 16.3. The highest BCUT2D eigenvalue weighted by Crippen LogP contribution is 2.27. The lowest BCUT2D eigenvalue weighted by molar-refractivity contribution is -0.121. The molecule has 1 saturated heterocycles. The highest BCUT2D eigenvalue weighted by molar-refractivity contribution is 6.14. The molecule has 0 unspecified atom stereocenters. The SMILES string of the molecule is CN1C(=N)N(C)/C(=C/c2cn(Cc3ccccc3)c3ccccc23)C1=O. The molecule has 2 aromatic carbocycles. The van der Waals surface area contributed by atoms with E-state index in [0.29, 0.717) is 5.70 Å². The van der Waals surface area contributed by atoms with Crippen molar-refractivity contribution in [3.8, 4) is 0 Å². The molecule has 0 aliphatic carbocycles. The van der Waals surface area contributed by atoms with E-state index in [0.717, 1.165) is 23.0 Å². The van der Waals surface area contributed by atoms with Gasteiger partial charge in [0, 0.05) is 43.3 Å². The molecule has 130 valence electrons. The Morgan fingerprint density at radius 2 is 1.65 bits per heavy atom. The van der Waals surface area contributed by atoms with Crippen LogP contribution in [0.3, 0.4) is 0 Å². The van der Waals surface area contributed by atoms with Crippen LogP contribution in [0, 0.1) is 5.41 Å². The van der Waals surface area contributed by atoms with Gasteiger partial charge in [0.05, 0.1) is 0 Å². The summed E-state index contributed by atoms with van der Waals surface area (Å²) < 4.78 is 2.20. The Hall–Kier alpha value is -3.34. The lowest BCUT2D eigenvalue weighted by Gasteiger charge is -2.10. The maximum atomic E-state index is 12.4. The lowest BCUT2D eigenvalue weighted by Crippen LogP contribution is -2.27. The fraction of sp³-hybridized carbons (Fsp3) is 0.143. The Morgan fingerprint density at radius 3 is 2.35 bits per heavy atom. The predicted molar refractivity (Wildman–Crippen MR) is 104 cm³/mol. The summed E-state index contributed by atoms with van der Waals surface area (Å²) in [5, 5.41) is 9.08. The first-order valence-electron chi connectivity index (χ1n) is 8.50. The molecule has 26 heavy (non-hydrogen) atoms. The Bertz CT molecular complexity index is 1030. The van der Waals surface area contributed by atoms with Gasteiger partial charge in [-0.1, -0.05) is 48.5 Å². The number of likely N-dealkylation sites (N-methyl/N-ethyl adjacent to an activating group) is 2. The number of nitrogens with zero attached hydrogens (tertiary/aromatic N) is 3. The largest absolute Gasteiger partial charge is 0.342 e. The lowest BCUT2D eigenvalue weighted by atomic mass is 10.1. The quantitative estimate of drug-likeness (QED) is 0.741. The minimum atomic E-state index is -0.155. The summed E-state index contributed by atoms with van der Waals surface area (Å²) in [5.74, 6) is 0.0339. The number of carbonyl (C=O) groups excluding carboxylic acids is 1. The Morgan fingerprint density at radius 1 is 0.962 bits per heavy atom. The molecule has 1 aliphatic heterocycles. The van der Waals surface area contributed by atoms with Crippen molar-refractivity contribution in [2.75, 3.05) is 14.1 Å². The van der Waals surface area contributed by atoms with Gasteiger partial charge in [0.1, 0.15) is 5.70 Å². The van der Waals surface area contributed by atoms with Gasteiger partial charge in [0.2, 0.25) is 5.96 Å². The zero-order valence-corrected chi connectivity index (χ0v) is 14.8. The van der Waals surface area contributed by atoms with Crippen LogP contribution >= 0.6 is 0 Å². The fourth-order valence-corrected chi connectivity index (χ4v) is 3.36. The van der Waals surface area contributed by atoms with Crippen molar-refractivity contribution in [3.63, 3.8) is 0 Å². The molecule has 1 N–H and O–H groups in total. The third-order valence-corrected chi connectivity index (χ3v) is 4.83. The van der Waals surface area contributed by atoms with Crippen molar-refractivity contribution < 1.29 is 4.79 Å². The highest BCUT2D eigenvalue weighted by Gasteiger charge is 2.33. The summed E-state index contributed by atoms with van der Waals surface area (Å²) in [6.07, 6.45) is 3.96. The summed E-state index contributed by atoms with van der Waals surface area (Å²) >= 11 is 0. The molecule has 0 saturated carbocycles. The number of amides is 1. The van der Waals surface area contributed by atoms with E-state index < -0.39 is 0 Å². The van der Waals surface area contributed by atoms with E-state index >= 15 is 0 Å². The monoisotopic (exact) mass is 344 g/mol. The number of aromatic nitrogens is 1. The minimum Gasteiger partial charge on any atom is -0.342 e. The van der Waals surface area contributed by atoms with Crippen LogP contribution in [0.2, 0.25) is 0 Å². The van der Waals surface area contributed by atoms with Gasteiger partial charge in [-0.05, 0) is 17.7 Å². The average Bonchev–Trinajstić information content (AvgIpc) is 3.10. The molecule has 1 aromatic heterocycles. The molecular weight excluding hydrogens is 324 g/mol. The maximum Gasteiger partial charge on any atom is 0.277 e. The summed E-state index contributed by atoms with van der Waals surface area (Å²) in [7, 11) is 3.37. The number of para-hydroxylation sites is 1. The highest BCUT2D eigenvalue weighted by atomic mass is 16.2. The number of carbonyl (C=O) groups is 1. The van der Waals surface area contributed by atoms with E-state index in [1.54, 1.807) is 19.0 Å². The van der Waals surface area contributed by atoms with Crippen LogP contribution in [0.5, 0.6) is 0 Å². The second-order valence-electron chi connectivity index (χ2n) is 6.49. The first kappa shape index (κ1) is 16.1. The molecule has 0 radical (unpaired) electrons. The van der Waals surface area contributed by atoms with Gasteiger partial charge in [-0.3, -0.25) is 15.1 Å². The Kier molecular flexibility index (Phi) is 3.84. The van der Waals surface area contributed by atoms with E-state index in [9.17, 15) is 4.79 Å². The van der Waals surface area contributed by atoms with Crippen LogP contribution in [0.4, 0.5) is 0 Å². The number of fused-ring (bicyclic) bond motifs is 1. The molecule has 0 bridgehead atoms. The number of hydrogen-bond acceptors (Lipinski definition) is 2. The molecule has 0 atom stereocenters. The smallest absolute Gasteiger partial charge is 0.277 e. The van der Waals surface area contributed by atoms with Gasteiger partial charge in [0.25, 0.3) is 5.91 Å². The summed E-state index contributed by atoms with van der Waals surface area (Å²) in [4.78, 5) is 15.4. The van der Waals surface area contributed by atoms with Crippen LogP contribution in [-0.4, -0.2) is 40.3 Å². The van der Waals surface area contributed by atoms with Crippen molar-refractivity contribution >= 4 is 28.8 Å². The number of hydrogen-bond donors (Lipinski definition) is 1. The van der Waals surface area contributed by atoms with Gasteiger partial charge in [-0.15, -0.1) is 0 Å². The summed E-state index contributed by atoms with van der Waals surface area (Å²) in [6.45, 7) is 0.768. The van der Waals surface area contributed by atoms with Gasteiger partial charge in [-0.25, -0.2) is 0 Å². The van der Waals surface area contributed by atoms with Gasteiger partial charge >= 0.3 is 0 Å². The van der Waals surface area contributed by atoms with Crippen LogP contribution in [-0.2, 0) is 11.3 Å². The standard InChI is InChI=1S/C21H20N4O/c1-23-19(20(26)24(2)21(23)22)12-16-14-25(13-15-8-4-3-5-9-15)18-11-7-6-10-17(16)18/h3-12,14,22H,13H2,1-2H3/b19-12+,22-21?. The van der Waals surface area contributed by atoms with E-state index in [1.807, 2.05) is 36.4 Å². The minimum absolute atomic E-state index is 0.155. The molecule has 2 heterocycles. The molecule has 5 nitrogen and oxygen atoms in total. The Labute approximate surface area is 152 Å². The van der Waals surface area contributed by atoms with E-state index in [-0.39, 0.29) is 11.9 Å². The third-order valence-electron chi connectivity index (χ3n) is 4.83. The molecule has 1 amide bonds. The first-order valence-corrected chi connectivity index (χ1v) is 8.50. The van der Waals surface area contributed by atoms with Crippen molar-refractivity contribution in [1.29, 1.82) is 5.41 Å². The number of guanidine groups is 1. The van der Waals surface area contributed by atoms with Crippen molar-refractivity contribution in [2.45, 2.75) is 6.54 Å². The second kappa shape index (κ2) is 6.19. The number of rotatable bonds is 3. The van der Waals surface area contributed by atoms with Crippen LogP contribution in [0.15, 0.2) is 66.5 Å². The third kappa shape index (κ3) is 2.58. The zero-order chi connectivity index (χ0) is 18.3. The molecule has 0 spiro atoms. The predicted octanol–water partition coefficient (Wildman–Crippen LogP) is 3.37.